The molecule has 0 aliphatic rings. The molecule has 0 aromatic carbocycles. The summed E-state index contributed by atoms with van der Waals surface area (Å²) < 4.78 is 15.1. The summed E-state index contributed by atoms with van der Waals surface area (Å²) in [5.74, 6) is -0.411. The Hall–Kier alpha value is -2.51. The first-order chi connectivity index (χ1) is 10.7. The number of esters is 1. The highest BCUT2D eigenvalue weighted by atomic mass is 16.6. The summed E-state index contributed by atoms with van der Waals surface area (Å²) >= 11 is 0. The van der Waals surface area contributed by atoms with Gasteiger partial charge in [-0.1, -0.05) is 0 Å². The molecule has 0 aliphatic heterocycles. The van der Waals surface area contributed by atoms with Crippen molar-refractivity contribution in [3.05, 3.63) is 17.8 Å². The lowest BCUT2D eigenvalue weighted by atomic mass is 10.2. The number of nitrogens with two attached hydrogens (primary N) is 1. The van der Waals surface area contributed by atoms with Gasteiger partial charge in [0.05, 0.1) is 19.4 Å². The number of methoxy groups -OCH3 is 1. The van der Waals surface area contributed by atoms with Crippen molar-refractivity contribution in [1.82, 2.24) is 10.3 Å². The minimum atomic E-state index is -0.568. The SMILES string of the molecule is COC(=O)c1ccc(N)c(OCCCNC(=O)OC(C)(C)C)n1. The molecule has 0 fully saturated rings. The van der Waals surface area contributed by atoms with Crippen LogP contribution in [-0.4, -0.2) is 42.9 Å². The van der Waals surface area contributed by atoms with E-state index in [0.29, 0.717) is 18.7 Å². The smallest absolute Gasteiger partial charge is 0.407 e. The second kappa shape index (κ2) is 8.21. The van der Waals surface area contributed by atoms with Crippen LogP contribution in [-0.2, 0) is 9.47 Å². The number of nitrogens with zero attached hydrogens (tertiary/aromatic N) is 1. The van der Waals surface area contributed by atoms with Gasteiger partial charge < -0.3 is 25.3 Å². The first-order valence-electron chi connectivity index (χ1n) is 7.17. The Balaban J connectivity index is 2.39. The molecule has 0 spiro atoms. The number of hydrogen-bond donors (Lipinski definition) is 2. The van der Waals surface area contributed by atoms with Crippen molar-refractivity contribution in [2.45, 2.75) is 32.8 Å². The van der Waals surface area contributed by atoms with Crippen LogP contribution in [0.15, 0.2) is 12.1 Å². The molecule has 0 atom stereocenters. The lowest BCUT2D eigenvalue weighted by molar-refractivity contribution is 0.0523. The fraction of sp³-hybridized carbons (Fsp3) is 0.533. The van der Waals surface area contributed by atoms with Crippen molar-refractivity contribution in [2.75, 3.05) is 26.0 Å². The number of amides is 1. The maximum Gasteiger partial charge on any atom is 0.407 e. The molecule has 0 unspecified atom stereocenters. The number of nitrogens with one attached hydrogen (secondary N) is 1. The molecule has 1 aromatic rings. The highest BCUT2D eigenvalue weighted by molar-refractivity contribution is 5.87. The number of carbonyl (C=O) groups is 2. The van der Waals surface area contributed by atoms with E-state index < -0.39 is 17.7 Å². The van der Waals surface area contributed by atoms with Crippen molar-refractivity contribution in [2.24, 2.45) is 0 Å². The average Bonchev–Trinajstić information content (AvgIpc) is 2.46. The first-order valence-corrected chi connectivity index (χ1v) is 7.17. The molecule has 0 aliphatic carbocycles. The van der Waals surface area contributed by atoms with Crippen molar-refractivity contribution in [3.63, 3.8) is 0 Å². The van der Waals surface area contributed by atoms with Gasteiger partial charge >= 0.3 is 12.1 Å². The molecule has 0 bridgehead atoms. The third-order valence-electron chi connectivity index (χ3n) is 2.51. The second-order valence-electron chi connectivity index (χ2n) is 5.71. The molecular weight excluding hydrogens is 302 g/mol. The van der Waals surface area contributed by atoms with Gasteiger partial charge in [0.1, 0.15) is 5.60 Å². The number of alkyl carbamates (subject to hydrolysis) is 1. The lowest BCUT2D eigenvalue weighted by Crippen LogP contribution is -2.33. The van der Waals surface area contributed by atoms with Crippen LogP contribution in [0.25, 0.3) is 0 Å². The van der Waals surface area contributed by atoms with Crippen LogP contribution >= 0.6 is 0 Å². The van der Waals surface area contributed by atoms with E-state index in [0.717, 1.165) is 0 Å². The van der Waals surface area contributed by atoms with Crippen LogP contribution in [0.5, 0.6) is 5.88 Å². The van der Waals surface area contributed by atoms with Crippen LogP contribution in [0.2, 0.25) is 0 Å². The maximum atomic E-state index is 11.4. The van der Waals surface area contributed by atoms with Gasteiger partial charge in [-0.2, -0.15) is 0 Å². The maximum absolute atomic E-state index is 11.4. The number of ether oxygens (including phenoxy) is 3. The van der Waals surface area contributed by atoms with Crippen molar-refractivity contribution >= 4 is 17.7 Å². The predicted octanol–water partition coefficient (Wildman–Crippen LogP) is 1.74. The molecule has 1 heterocycles. The van der Waals surface area contributed by atoms with Gasteiger partial charge in [0, 0.05) is 6.54 Å². The van der Waals surface area contributed by atoms with Crippen molar-refractivity contribution in [1.29, 1.82) is 0 Å². The normalized spacial score (nSPS) is 10.8. The number of aromatic nitrogens is 1. The van der Waals surface area contributed by atoms with E-state index in [-0.39, 0.29) is 18.2 Å². The number of rotatable bonds is 6. The minimum absolute atomic E-state index is 0.114. The van der Waals surface area contributed by atoms with Crippen molar-refractivity contribution < 1.29 is 23.8 Å². The van der Waals surface area contributed by atoms with E-state index in [2.05, 4.69) is 15.0 Å². The molecule has 0 saturated carbocycles. The van der Waals surface area contributed by atoms with Gasteiger partial charge in [-0.05, 0) is 39.3 Å². The Kier molecular flexibility index (Phi) is 6.62. The molecule has 8 heteroatoms. The molecule has 1 rings (SSSR count). The number of pyridine rings is 1. The third-order valence-corrected chi connectivity index (χ3v) is 2.51. The number of carbonyl (C=O) groups excluding carboxylic acids is 2. The van der Waals surface area contributed by atoms with Crippen LogP contribution < -0.4 is 15.8 Å². The molecule has 8 nitrogen and oxygen atoms in total. The molecule has 1 amide bonds. The predicted molar refractivity (Wildman–Crippen MR) is 84.3 cm³/mol. The van der Waals surface area contributed by atoms with Crippen LogP contribution in [0.1, 0.15) is 37.7 Å². The molecular formula is C15H23N3O5. The van der Waals surface area contributed by atoms with Crippen LogP contribution in [0.4, 0.5) is 10.5 Å². The minimum Gasteiger partial charge on any atom is -0.476 e. The molecule has 0 saturated heterocycles. The summed E-state index contributed by atoms with van der Waals surface area (Å²) in [6.07, 6.45) is 0.0471. The molecule has 128 valence electrons. The fourth-order valence-electron chi connectivity index (χ4n) is 1.53. The number of hydrogen-bond acceptors (Lipinski definition) is 7. The molecule has 23 heavy (non-hydrogen) atoms. The van der Waals surface area contributed by atoms with Gasteiger partial charge in [0.2, 0.25) is 5.88 Å². The van der Waals surface area contributed by atoms with Gasteiger partial charge in [-0.15, -0.1) is 0 Å². The van der Waals surface area contributed by atoms with Crippen LogP contribution in [0, 0.1) is 0 Å². The lowest BCUT2D eigenvalue weighted by Gasteiger charge is -2.19. The Morgan fingerprint density at radius 2 is 2.00 bits per heavy atom. The zero-order chi connectivity index (χ0) is 17.5. The monoisotopic (exact) mass is 325 g/mol. The van der Waals surface area contributed by atoms with Crippen molar-refractivity contribution in [3.8, 4) is 5.88 Å². The first kappa shape index (κ1) is 18.5. The van der Waals surface area contributed by atoms with E-state index in [1.54, 1.807) is 20.8 Å². The molecule has 1 aromatic heterocycles. The summed E-state index contributed by atoms with van der Waals surface area (Å²) in [7, 11) is 1.27. The standard InChI is InChI=1S/C15H23N3O5/c1-15(2,3)23-14(20)17-8-5-9-22-12-10(16)6-7-11(18-12)13(19)21-4/h6-7H,5,8-9,16H2,1-4H3,(H,17,20). The van der Waals surface area contributed by atoms with E-state index in [4.69, 9.17) is 15.2 Å². The summed E-state index contributed by atoms with van der Waals surface area (Å²) in [5.41, 5.74) is 5.63. The molecule has 0 radical (unpaired) electrons. The highest BCUT2D eigenvalue weighted by Gasteiger charge is 2.15. The topological polar surface area (TPSA) is 113 Å². The van der Waals surface area contributed by atoms with Gasteiger partial charge in [-0.25, -0.2) is 14.6 Å². The van der Waals surface area contributed by atoms with E-state index in [9.17, 15) is 9.59 Å². The summed E-state index contributed by atoms with van der Waals surface area (Å²) in [6, 6.07) is 2.98. The second-order valence-corrected chi connectivity index (χ2v) is 5.71. The van der Waals surface area contributed by atoms with Crippen LogP contribution in [0.3, 0.4) is 0 Å². The van der Waals surface area contributed by atoms with Gasteiger partial charge in [0.25, 0.3) is 0 Å². The highest BCUT2D eigenvalue weighted by Crippen LogP contribution is 2.19. The fourth-order valence-corrected chi connectivity index (χ4v) is 1.53. The number of anilines is 1. The zero-order valence-corrected chi connectivity index (χ0v) is 13.8. The molecule has 3 N–H and O–H groups in total. The Bertz CT molecular complexity index is 555. The zero-order valence-electron chi connectivity index (χ0n) is 13.8. The largest absolute Gasteiger partial charge is 0.476 e. The van der Waals surface area contributed by atoms with E-state index in [1.165, 1.54) is 19.2 Å². The Morgan fingerprint density at radius 3 is 2.61 bits per heavy atom. The Morgan fingerprint density at radius 1 is 1.30 bits per heavy atom. The third kappa shape index (κ3) is 6.86. The summed E-state index contributed by atoms with van der Waals surface area (Å²) in [5, 5.41) is 2.61. The quantitative estimate of drug-likeness (QED) is 0.605. The van der Waals surface area contributed by atoms with E-state index in [1.807, 2.05) is 0 Å². The summed E-state index contributed by atoms with van der Waals surface area (Å²) in [6.45, 7) is 6.03. The average molecular weight is 325 g/mol. The number of nitrogen functional groups attached to an aromatic ring is 1. The van der Waals surface area contributed by atoms with E-state index >= 15 is 0 Å². The van der Waals surface area contributed by atoms with Gasteiger partial charge in [-0.3, -0.25) is 0 Å². The van der Waals surface area contributed by atoms with Gasteiger partial charge in [0.15, 0.2) is 5.69 Å². The Labute approximate surface area is 135 Å². The summed E-state index contributed by atoms with van der Waals surface area (Å²) in [4.78, 5) is 26.8.